The highest BCUT2D eigenvalue weighted by molar-refractivity contribution is 5.83. The smallest absolute Gasteiger partial charge is 0.0456 e. The van der Waals surface area contributed by atoms with Crippen molar-refractivity contribution in [2.75, 3.05) is 0 Å². The van der Waals surface area contributed by atoms with Crippen molar-refractivity contribution in [3.05, 3.63) is 36.0 Å². The molecular formula is C12H15N. The molecule has 1 N–H and O–H groups in total. The molecule has 1 heteroatoms. The number of rotatable bonds is 2. The average molecular weight is 177 g/mol. The fourth-order valence-electron chi connectivity index (χ4n) is 1.50. The topological polar surface area (TPSA) is 15.8 Å². The van der Waals surface area contributed by atoms with Crippen molar-refractivity contribution in [1.29, 1.82) is 0 Å². The number of hydrogen-bond donors (Lipinski definition) is 1. The van der Waals surface area contributed by atoms with Gasteiger partial charge in [-0.2, -0.15) is 0 Å². The first-order chi connectivity index (χ1) is 7.03. The van der Waals surface area contributed by atoms with Crippen LogP contribution in [-0.2, 0) is 6.37 Å². The highest BCUT2D eigenvalue weighted by Crippen LogP contribution is 2.20. The molecule has 0 bridgehead atoms. The van der Waals surface area contributed by atoms with Gasteiger partial charge in [0.1, 0.15) is 0 Å². The third-order valence-electron chi connectivity index (χ3n) is 2.03. The first-order valence-corrected chi connectivity index (χ1v) is 4.60. The monoisotopic (exact) mass is 177 g/mol. The van der Waals surface area contributed by atoms with Crippen molar-refractivity contribution in [2.24, 2.45) is 5.92 Å². The minimum absolute atomic E-state index is 0.0308. The molecule has 0 aliphatic heterocycles. The van der Waals surface area contributed by atoms with Gasteiger partial charge in [0.25, 0.3) is 0 Å². The maximum Gasteiger partial charge on any atom is 0.0456 e. The summed E-state index contributed by atoms with van der Waals surface area (Å²) in [5.41, 5.74) is 1.75. The van der Waals surface area contributed by atoms with Gasteiger partial charge in [0, 0.05) is 19.8 Å². The van der Waals surface area contributed by atoms with Gasteiger partial charge in [0.2, 0.25) is 0 Å². The highest BCUT2D eigenvalue weighted by Gasteiger charge is 2.03. The van der Waals surface area contributed by atoms with Gasteiger partial charge in [-0.25, -0.2) is 0 Å². The molecule has 0 amide bonds. The van der Waals surface area contributed by atoms with Crippen molar-refractivity contribution in [3.63, 3.8) is 0 Å². The third kappa shape index (κ3) is 1.59. The molecule has 1 nitrogen and oxygen atoms in total. The Labute approximate surface area is 81.6 Å². The summed E-state index contributed by atoms with van der Waals surface area (Å²) in [4.78, 5) is 3.11. The van der Waals surface area contributed by atoms with Crippen LogP contribution in [0.25, 0.3) is 10.9 Å². The Bertz CT molecular complexity index is 471. The largest absolute Gasteiger partial charge is 0.361 e. The van der Waals surface area contributed by atoms with Crippen LogP contribution < -0.4 is 0 Å². The van der Waals surface area contributed by atoms with E-state index in [-0.39, 0.29) is 5.92 Å². The van der Waals surface area contributed by atoms with E-state index in [1.54, 1.807) is 6.20 Å². The number of aromatic amines is 1. The first kappa shape index (κ1) is 6.25. The molecule has 0 unspecified atom stereocenters. The van der Waals surface area contributed by atoms with Crippen LogP contribution in [0.5, 0.6) is 0 Å². The molecule has 1 aromatic carbocycles. The normalized spacial score (nSPS) is 14.7. The molecule has 68 valence electrons. The van der Waals surface area contributed by atoms with E-state index < -0.39 is 6.37 Å². The van der Waals surface area contributed by atoms with Crippen LogP contribution in [0.1, 0.15) is 22.2 Å². The maximum atomic E-state index is 8.07. The maximum absolute atomic E-state index is 8.07. The van der Waals surface area contributed by atoms with E-state index in [0.29, 0.717) is 0 Å². The summed E-state index contributed by atoms with van der Waals surface area (Å²) >= 11 is 0. The lowest BCUT2D eigenvalue weighted by Gasteiger charge is -2.01. The van der Waals surface area contributed by atoms with Gasteiger partial charge in [0.15, 0.2) is 0 Å². The van der Waals surface area contributed by atoms with E-state index in [2.05, 4.69) is 4.98 Å². The number of para-hydroxylation sites is 1. The standard InChI is InChI=1S/C12H15N/c1-9(2)7-10-8-13-12-6-4-3-5-11(10)12/h3-6,8-9,13H,7H2,1-2H3/i7T2. The van der Waals surface area contributed by atoms with Gasteiger partial charge >= 0.3 is 0 Å². The SMILES string of the molecule is [3H]C([3H])(c1c[nH]c2ccccc12)C(C)C. The van der Waals surface area contributed by atoms with Crippen LogP contribution >= 0.6 is 0 Å². The van der Waals surface area contributed by atoms with Gasteiger partial charge in [0.05, 0.1) is 0 Å². The van der Waals surface area contributed by atoms with Crippen LogP contribution in [0, 0.1) is 5.92 Å². The summed E-state index contributed by atoms with van der Waals surface area (Å²) < 4.78 is 16.1. The molecule has 0 radical (unpaired) electrons. The Morgan fingerprint density at radius 1 is 1.38 bits per heavy atom. The second-order valence-corrected chi connectivity index (χ2v) is 3.55. The number of fused-ring (bicyclic) bond motifs is 1. The average Bonchev–Trinajstić information content (AvgIpc) is 2.61. The number of benzene rings is 1. The summed E-state index contributed by atoms with van der Waals surface area (Å²) in [5.74, 6) is -0.0308. The Balaban J connectivity index is 2.62. The predicted octanol–water partition coefficient (Wildman–Crippen LogP) is 3.37. The number of hydrogen-bond acceptors (Lipinski definition) is 0. The van der Waals surface area contributed by atoms with Crippen molar-refractivity contribution in [2.45, 2.75) is 20.2 Å². The van der Waals surface area contributed by atoms with Crippen LogP contribution in [0.2, 0.25) is 0 Å². The summed E-state index contributed by atoms with van der Waals surface area (Å²) in [7, 11) is 0. The highest BCUT2D eigenvalue weighted by atomic mass is 14.7. The molecule has 0 aliphatic rings. The van der Waals surface area contributed by atoms with Gasteiger partial charge in [-0.15, -0.1) is 0 Å². The van der Waals surface area contributed by atoms with Gasteiger partial charge in [-0.3, -0.25) is 0 Å². The Kier molecular flexibility index (Phi) is 1.56. The zero-order chi connectivity index (χ0) is 11.1. The summed E-state index contributed by atoms with van der Waals surface area (Å²) in [6, 6.07) is 7.82. The molecule has 13 heavy (non-hydrogen) atoms. The van der Waals surface area contributed by atoms with E-state index >= 15 is 0 Å². The van der Waals surface area contributed by atoms with Crippen molar-refractivity contribution in [3.8, 4) is 0 Å². The fraction of sp³-hybridized carbons (Fsp3) is 0.333. The predicted molar refractivity (Wildman–Crippen MR) is 56.8 cm³/mol. The zero-order valence-electron chi connectivity index (χ0n) is 9.96. The Hall–Kier alpha value is -1.24. The van der Waals surface area contributed by atoms with Crippen LogP contribution in [0.3, 0.4) is 0 Å². The fourth-order valence-corrected chi connectivity index (χ4v) is 1.50. The zero-order valence-corrected chi connectivity index (χ0v) is 7.96. The minimum atomic E-state index is -1.28. The quantitative estimate of drug-likeness (QED) is 0.724. The number of nitrogens with one attached hydrogen (secondary N) is 1. The molecule has 0 saturated carbocycles. The Morgan fingerprint density at radius 2 is 2.15 bits per heavy atom. The molecule has 1 aromatic heterocycles. The molecule has 0 aliphatic carbocycles. The van der Waals surface area contributed by atoms with E-state index in [9.17, 15) is 0 Å². The minimum Gasteiger partial charge on any atom is -0.361 e. The summed E-state index contributed by atoms with van der Waals surface area (Å²) in [6.07, 6.45) is 0.504. The lowest BCUT2D eigenvalue weighted by atomic mass is 10.0. The molecule has 2 rings (SSSR count). The van der Waals surface area contributed by atoms with Crippen LogP contribution in [0.15, 0.2) is 30.5 Å². The van der Waals surface area contributed by atoms with Crippen molar-refractivity contribution in [1.82, 2.24) is 4.98 Å². The molecule has 0 fully saturated rings. The summed E-state index contributed by atoms with van der Waals surface area (Å²) in [5, 5.41) is 0.983. The van der Waals surface area contributed by atoms with E-state index in [4.69, 9.17) is 2.74 Å². The molecule has 0 atom stereocenters. The molecular weight excluding hydrogens is 158 g/mol. The Morgan fingerprint density at radius 3 is 2.92 bits per heavy atom. The van der Waals surface area contributed by atoms with E-state index in [0.717, 1.165) is 16.5 Å². The molecule has 1 heterocycles. The van der Waals surface area contributed by atoms with Crippen LogP contribution in [0.4, 0.5) is 0 Å². The van der Waals surface area contributed by atoms with Crippen molar-refractivity contribution >= 4 is 10.9 Å². The van der Waals surface area contributed by atoms with Crippen LogP contribution in [-0.4, -0.2) is 4.98 Å². The van der Waals surface area contributed by atoms with Gasteiger partial charge < -0.3 is 4.98 Å². The first-order valence-electron chi connectivity index (χ1n) is 5.60. The molecule has 0 spiro atoms. The second-order valence-electron chi connectivity index (χ2n) is 3.55. The van der Waals surface area contributed by atoms with E-state index in [1.165, 1.54) is 0 Å². The number of aromatic nitrogens is 1. The lowest BCUT2D eigenvalue weighted by Crippen LogP contribution is -1.91. The van der Waals surface area contributed by atoms with E-state index in [1.807, 2.05) is 38.1 Å². The van der Waals surface area contributed by atoms with Crippen molar-refractivity contribution < 1.29 is 2.74 Å². The molecule has 0 saturated heterocycles. The summed E-state index contributed by atoms with van der Waals surface area (Å²) in [6.45, 7) is 3.81. The van der Waals surface area contributed by atoms with Gasteiger partial charge in [-0.1, -0.05) is 32.0 Å². The van der Waals surface area contributed by atoms with Gasteiger partial charge in [-0.05, 0) is 23.9 Å². The lowest BCUT2D eigenvalue weighted by molar-refractivity contribution is 0.650. The third-order valence-corrected chi connectivity index (χ3v) is 2.03. The molecule has 2 aromatic rings. The number of H-pyrrole nitrogens is 1. The second kappa shape index (κ2) is 3.25.